The molecule has 5 aromatic carbocycles. The number of likely N-dealkylation sites (N-methyl/N-ethyl adjacent to an activating group) is 1. The van der Waals surface area contributed by atoms with Crippen LogP contribution in [0.25, 0.3) is 0 Å². The maximum atomic E-state index is 13.5. The Labute approximate surface area is 646 Å². The molecular formula is C77H100N18O13S2. The molecule has 0 spiro atoms. The number of primary amides is 3. The lowest BCUT2D eigenvalue weighted by Gasteiger charge is -2.38. The second-order valence-electron chi connectivity index (χ2n) is 28.0. The summed E-state index contributed by atoms with van der Waals surface area (Å²) >= 11 is 0. The molecule has 2 fully saturated rings. The maximum absolute atomic E-state index is 13.5. The summed E-state index contributed by atoms with van der Waals surface area (Å²) in [6.07, 6.45) is 5.91. The van der Waals surface area contributed by atoms with Crippen LogP contribution in [0, 0.1) is 0 Å². The van der Waals surface area contributed by atoms with Gasteiger partial charge in [-0.15, -0.1) is 0 Å². The molecule has 0 radical (unpaired) electrons. The number of amides is 11. The second kappa shape index (κ2) is 40.5. The van der Waals surface area contributed by atoms with Crippen LogP contribution in [-0.2, 0) is 81.8 Å². The highest BCUT2D eigenvalue weighted by atomic mass is 33.1. The van der Waals surface area contributed by atoms with Crippen molar-refractivity contribution in [1.29, 1.82) is 0 Å². The Bertz CT molecular complexity index is 4230. The molecule has 11 amide bonds. The van der Waals surface area contributed by atoms with Crippen LogP contribution in [0.1, 0.15) is 124 Å². The predicted molar refractivity (Wildman–Crippen MR) is 418 cm³/mol. The first-order valence-corrected chi connectivity index (χ1v) is 37.9. The van der Waals surface area contributed by atoms with Gasteiger partial charge in [-0.2, -0.15) is 0 Å². The van der Waals surface area contributed by atoms with Gasteiger partial charge in [0.2, 0.25) is 65.0 Å². The summed E-state index contributed by atoms with van der Waals surface area (Å²) in [5, 5.41) is 32.0. The van der Waals surface area contributed by atoms with Crippen molar-refractivity contribution in [3.8, 4) is 0 Å². The van der Waals surface area contributed by atoms with Crippen LogP contribution < -0.4 is 76.9 Å². The number of aliphatic carboxylic acids is 1. The number of H-pyrrole nitrogens is 1. The molecule has 2 saturated heterocycles. The van der Waals surface area contributed by atoms with Gasteiger partial charge in [0.1, 0.15) is 30.0 Å². The molecule has 0 bridgehead atoms. The molecule has 3 unspecified atom stereocenters. The molecule has 588 valence electrons. The van der Waals surface area contributed by atoms with E-state index in [9.17, 15) is 62.6 Å². The highest BCUT2D eigenvalue weighted by Gasteiger charge is 2.45. The van der Waals surface area contributed by atoms with E-state index in [4.69, 9.17) is 34.4 Å². The number of hydrogen-bond acceptors (Lipinski definition) is 20. The number of aromatic amines is 1. The van der Waals surface area contributed by atoms with E-state index >= 15 is 0 Å². The normalized spacial score (nSPS) is 20.8. The fourth-order valence-electron chi connectivity index (χ4n) is 12.1. The molecule has 31 nitrogen and oxygen atoms in total. The van der Waals surface area contributed by atoms with Crippen molar-refractivity contribution in [2.45, 2.75) is 150 Å². The number of carbonyl (C=O) groups excluding carboxylic acids is 11. The number of nitrogens with two attached hydrogens (primary N) is 6. The Balaban J connectivity index is 0.000000236. The average molecular weight is 1550 g/mol. The van der Waals surface area contributed by atoms with Gasteiger partial charge in [-0.1, -0.05) is 126 Å². The number of nitrogens with one attached hydrogen (secondary N) is 9. The zero-order valence-corrected chi connectivity index (χ0v) is 64.0. The molecule has 9 rings (SSSR count). The lowest BCUT2D eigenvalue weighted by molar-refractivity contribution is -0.143. The highest BCUT2D eigenvalue weighted by molar-refractivity contribution is 8.77. The number of carboxylic acid groups (broad SMARTS) is 1. The maximum Gasteiger partial charge on any atom is 0.327 e. The monoisotopic (exact) mass is 1550 g/mol. The molecule has 1 aromatic heterocycles. The molecule has 4 heterocycles. The first-order valence-electron chi connectivity index (χ1n) is 35.7. The molecule has 0 saturated carbocycles. The van der Waals surface area contributed by atoms with E-state index < -0.39 is 117 Å². The molecule has 6 aromatic rings. The molecule has 3 aliphatic heterocycles. The van der Waals surface area contributed by atoms with Crippen molar-refractivity contribution in [1.82, 2.24) is 62.3 Å². The van der Waals surface area contributed by atoms with Crippen molar-refractivity contribution in [3.63, 3.8) is 0 Å². The number of hydrogen-bond donors (Lipinski definition) is 16. The van der Waals surface area contributed by atoms with E-state index in [1.165, 1.54) is 17.7 Å². The van der Waals surface area contributed by atoms with Gasteiger partial charge in [0.05, 0.1) is 48.0 Å². The quantitative estimate of drug-likeness (QED) is 0.0499. The number of fused-ring (bicyclic) bond motifs is 1. The Morgan fingerprint density at radius 1 is 0.600 bits per heavy atom. The summed E-state index contributed by atoms with van der Waals surface area (Å²) in [6.45, 7) is 14.2. The lowest BCUT2D eigenvalue weighted by Crippen LogP contribution is -2.61. The number of imidazole rings is 1. The van der Waals surface area contributed by atoms with Crippen LogP contribution >= 0.6 is 21.6 Å². The van der Waals surface area contributed by atoms with E-state index in [2.05, 4.69) is 65.1 Å². The second-order valence-corrected chi connectivity index (χ2v) is 31.5. The van der Waals surface area contributed by atoms with E-state index in [0.717, 1.165) is 55.4 Å². The van der Waals surface area contributed by atoms with Crippen LogP contribution in [0.4, 0.5) is 0 Å². The van der Waals surface area contributed by atoms with E-state index in [0.29, 0.717) is 74.1 Å². The first-order chi connectivity index (χ1) is 52.1. The number of nitrogens with zero attached hydrogens (tertiary/aromatic N) is 3. The van der Waals surface area contributed by atoms with Gasteiger partial charge >= 0.3 is 5.97 Å². The van der Waals surface area contributed by atoms with Crippen molar-refractivity contribution in [3.05, 3.63) is 208 Å². The predicted octanol–water partition coefficient (Wildman–Crippen LogP) is 0.800. The van der Waals surface area contributed by atoms with Gasteiger partial charge in [0.15, 0.2) is 0 Å². The van der Waals surface area contributed by atoms with Crippen molar-refractivity contribution < 1.29 is 62.6 Å². The third-order valence-corrected chi connectivity index (χ3v) is 22.8. The Morgan fingerprint density at radius 3 is 1.60 bits per heavy atom. The lowest BCUT2D eigenvalue weighted by atomic mass is 9.92. The summed E-state index contributed by atoms with van der Waals surface area (Å²) in [5.74, 6) is -6.23. The number of benzene rings is 5. The van der Waals surface area contributed by atoms with Crippen LogP contribution in [0.2, 0.25) is 0 Å². The summed E-state index contributed by atoms with van der Waals surface area (Å²) in [4.78, 5) is 162. The van der Waals surface area contributed by atoms with Crippen LogP contribution in [0.15, 0.2) is 152 Å². The summed E-state index contributed by atoms with van der Waals surface area (Å²) in [5.41, 5.74) is 41.6. The topological polar surface area (TPSA) is 513 Å². The summed E-state index contributed by atoms with van der Waals surface area (Å²) < 4.78 is -2.18. The van der Waals surface area contributed by atoms with Crippen LogP contribution in [0.5, 0.6) is 0 Å². The van der Waals surface area contributed by atoms with Crippen LogP contribution in [0.3, 0.4) is 0 Å². The smallest absolute Gasteiger partial charge is 0.327 e. The van der Waals surface area contributed by atoms with Crippen molar-refractivity contribution >= 4 is 92.5 Å². The molecule has 0 aliphatic carbocycles. The third-order valence-electron chi connectivity index (χ3n) is 18.6. The molecule has 3 aliphatic rings. The Morgan fingerprint density at radius 2 is 1.09 bits per heavy atom. The third kappa shape index (κ3) is 25.6. The zero-order valence-electron chi connectivity index (χ0n) is 62.3. The van der Waals surface area contributed by atoms with Gasteiger partial charge in [-0.05, 0) is 137 Å². The number of rotatable bonds is 19. The molecule has 22 N–H and O–H groups in total. The standard InChI is InChI=1S/C31H40N6O7S2.C24H37N7O4.C22H23N5O2/c1-30(2)23(36-26(40)20(32)14-18-10-12-19(13-11-18)25(33)39)28(42)34-16-22(38)35-21(15-17-8-6-5-7-9-17)27(41)37-24(29(43)44)31(3,4)46-45-30;1-4-19-15(2)27-10-12-31(3)11-9-20(24(35)28-14-21(32)29-19)30-23(34)18(25)13-16-5-7-17(8-6-16)22(26)33;23-18(11-14-5-7-15(8-6-14)20(24)28)22(29)27-13-17-4-2-1-3-16(17)12-19(27)21-25-9-10-26-21/h5-13,20-21,23-24H,14-16,32H2,1-4H3,(H2,33,39)(H,34,42)(H,35,38)(H,36,40)(H,37,41)(H,43,44);5-8,18-20,27H,2,4,9-14,25H2,1,3H3,(H2,26,33)(H,28,35)(H,29,32)(H,30,34);1-10,18-19H,11-13,23H2,(H2,24,28)(H,25,26)/t20-,21-,23-,24?;18-,19-,20+;/m00./s1. The van der Waals surface area contributed by atoms with Gasteiger partial charge in [0.25, 0.3) is 0 Å². The molecule has 33 heteroatoms. The highest BCUT2D eigenvalue weighted by Crippen LogP contribution is 2.47. The number of carboxylic acids is 1. The number of carbonyl (C=O) groups is 12. The van der Waals surface area contributed by atoms with Gasteiger partial charge in [-0.25, -0.2) is 9.78 Å². The Kier molecular flexibility index (Phi) is 31.7. The summed E-state index contributed by atoms with van der Waals surface area (Å²) in [6, 6.07) is 29.0. The van der Waals surface area contributed by atoms with Crippen LogP contribution in [-0.4, -0.2) is 193 Å². The molecule has 9 atom stereocenters. The van der Waals surface area contributed by atoms with Crippen molar-refractivity contribution in [2.24, 2.45) is 34.4 Å². The minimum absolute atomic E-state index is 0.0792. The Hall–Kier alpha value is -11.0. The fraction of sp³-hybridized carbons (Fsp3) is 0.390. The first kappa shape index (κ1) is 86.3. The minimum atomic E-state index is -1.37. The van der Waals surface area contributed by atoms with Gasteiger partial charge < -0.3 is 96.8 Å². The SMILES string of the molecule is C=C1NCCN(C)CC[C@@H](NC(=O)[C@@H](N)Cc2ccc(C(N)=O)cc2)C(=O)NCC(=O)N[C@H]1CC.CC1(C)SSC(C)(C)[C@@H](NC(=O)[C@@H](N)Cc2ccc(C(N)=O)cc2)C(=O)NCC(=O)N[C@@H](Cc2ccccc2)C(=O)NC1C(=O)O.NC(=O)c1ccc(CC(N)C(=O)N2Cc3ccccc3CC2c2ncc[nH]2)cc1. The largest absolute Gasteiger partial charge is 0.480 e. The van der Waals surface area contributed by atoms with Gasteiger partial charge in [0, 0.05) is 78.5 Å². The average Bonchev–Trinajstić information content (AvgIpc) is 1.19. The fourth-order valence-corrected chi connectivity index (χ4v) is 14.9. The van der Waals surface area contributed by atoms with E-state index in [1.807, 2.05) is 42.0 Å². The zero-order chi connectivity index (χ0) is 80.6. The molecule has 110 heavy (non-hydrogen) atoms. The minimum Gasteiger partial charge on any atom is -0.480 e. The van der Waals surface area contributed by atoms with Gasteiger partial charge in [-0.3, -0.25) is 52.7 Å². The van der Waals surface area contributed by atoms with E-state index in [1.54, 1.807) is 131 Å². The van der Waals surface area contributed by atoms with E-state index in [-0.39, 0.29) is 49.7 Å². The number of aromatic nitrogens is 2. The molecular weight excluding hydrogens is 1450 g/mol. The van der Waals surface area contributed by atoms with Crippen molar-refractivity contribution in [2.75, 3.05) is 39.8 Å². The summed E-state index contributed by atoms with van der Waals surface area (Å²) in [7, 11) is 4.22.